The Hall–Kier alpha value is -2.40. The zero-order chi connectivity index (χ0) is 17.5. The molecule has 0 atom stereocenters. The molecule has 2 N–H and O–H groups in total. The molecule has 0 radical (unpaired) electrons. The molecule has 0 amide bonds. The number of carbonyl (C=O) groups excluding carboxylic acids is 1. The van der Waals surface area contributed by atoms with E-state index in [0.29, 0.717) is 23.2 Å². The normalized spacial score (nSPS) is 10.3. The molecule has 0 saturated heterocycles. The summed E-state index contributed by atoms with van der Waals surface area (Å²) in [5.74, 6) is 0.138. The molecule has 0 heterocycles. The van der Waals surface area contributed by atoms with Gasteiger partial charge in [-0.3, -0.25) is 0 Å². The third-order valence-corrected chi connectivity index (χ3v) is 3.67. The summed E-state index contributed by atoms with van der Waals surface area (Å²) >= 11 is 5.34. The average molecular weight is 342 g/mol. The molecule has 5 heteroatoms. The number of nitrogens with one attached hydrogen (secondary N) is 2. The van der Waals surface area contributed by atoms with Crippen LogP contribution in [0.3, 0.4) is 0 Å². The molecule has 2 aromatic rings. The lowest BCUT2D eigenvalue weighted by Crippen LogP contribution is -2.19. The van der Waals surface area contributed by atoms with E-state index in [4.69, 9.17) is 17.0 Å². The lowest BCUT2D eigenvalue weighted by atomic mass is 10.0. The van der Waals surface area contributed by atoms with Crippen molar-refractivity contribution in [2.75, 3.05) is 17.2 Å². The number of thiocarbonyl (C=S) groups is 1. The van der Waals surface area contributed by atoms with Gasteiger partial charge in [0.15, 0.2) is 5.11 Å². The van der Waals surface area contributed by atoms with Gasteiger partial charge in [0.25, 0.3) is 0 Å². The van der Waals surface area contributed by atoms with E-state index in [-0.39, 0.29) is 5.97 Å². The van der Waals surface area contributed by atoms with Crippen LogP contribution >= 0.6 is 12.2 Å². The van der Waals surface area contributed by atoms with Gasteiger partial charge in [-0.05, 0) is 67.0 Å². The first-order valence-corrected chi connectivity index (χ1v) is 8.35. The topological polar surface area (TPSA) is 50.4 Å². The molecule has 2 aromatic carbocycles. The van der Waals surface area contributed by atoms with Crippen LogP contribution in [0.4, 0.5) is 11.4 Å². The van der Waals surface area contributed by atoms with Crippen LogP contribution in [0.1, 0.15) is 42.6 Å². The fourth-order valence-electron chi connectivity index (χ4n) is 2.17. The Kier molecular flexibility index (Phi) is 6.32. The van der Waals surface area contributed by atoms with E-state index in [2.05, 4.69) is 36.6 Å². The number of ether oxygens (including phenoxy) is 1. The lowest BCUT2D eigenvalue weighted by Gasteiger charge is -2.13. The number of hydrogen-bond donors (Lipinski definition) is 2. The smallest absolute Gasteiger partial charge is 0.338 e. The van der Waals surface area contributed by atoms with E-state index in [1.807, 2.05) is 12.1 Å². The molecule has 0 fully saturated rings. The van der Waals surface area contributed by atoms with Gasteiger partial charge in [0.05, 0.1) is 12.2 Å². The van der Waals surface area contributed by atoms with Crippen molar-refractivity contribution >= 4 is 34.7 Å². The monoisotopic (exact) mass is 342 g/mol. The third kappa shape index (κ3) is 5.06. The molecule has 24 heavy (non-hydrogen) atoms. The van der Waals surface area contributed by atoms with Crippen LogP contribution in [0, 0.1) is 0 Å². The number of benzene rings is 2. The summed E-state index contributed by atoms with van der Waals surface area (Å²) in [4.78, 5) is 11.6. The molecule has 126 valence electrons. The first-order valence-electron chi connectivity index (χ1n) is 7.94. The Morgan fingerprint density at radius 3 is 2.38 bits per heavy atom. The molecule has 4 nitrogen and oxygen atoms in total. The van der Waals surface area contributed by atoms with Crippen molar-refractivity contribution in [2.45, 2.75) is 26.7 Å². The van der Waals surface area contributed by atoms with Crippen molar-refractivity contribution in [3.8, 4) is 0 Å². The maximum atomic E-state index is 11.6. The van der Waals surface area contributed by atoms with Gasteiger partial charge in [-0.2, -0.15) is 0 Å². The van der Waals surface area contributed by atoms with Crippen LogP contribution in [-0.4, -0.2) is 17.7 Å². The summed E-state index contributed by atoms with van der Waals surface area (Å²) in [6.07, 6.45) is 0. The Labute approximate surface area is 148 Å². The van der Waals surface area contributed by atoms with Gasteiger partial charge in [0.1, 0.15) is 0 Å². The Balaban J connectivity index is 1.97. The van der Waals surface area contributed by atoms with Crippen molar-refractivity contribution in [1.82, 2.24) is 0 Å². The van der Waals surface area contributed by atoms with Crippen molar-refractivity contribution in [2.24, 2.45) is 0 Å². The molecule has 0 aliphatic heterocycles. The highest BCUT2D eigenvalue weighted by Gasteiger charge is 2.06. The van der Waals surface area contributed by atoms with E-state index in [0.717, 1.165) is 11.4 Å². The zero-order valence-electron chi connectivity index (χ0n) is 14.1. The van der Waals surface area contributed by atoms with Gasteiger partial charge in [-0.15, -0.1) is 0 Å². The molecule has 2 rings (SSSR count). The predicted octanol–water partition coefficient (Wildman–Crippen LogP) is 4.80. The highest BCUT2D eigenvalue weighted by atomic mass is 32.1. The van der Waals surface area contributed by atoms with Crippen LogP contribution in [0.15, 0.2) is 48.5 Å². The number of anilines is 2. The molecule has 0 unspecified atom stereocenters. The van der Waals surface area contributed by atoms with Crippen molar-refractivity contribution < 1.29 is 9.53 Å². The highest BCUT2D eigenvalue weighted by molar-refractivity contribution is 7.80. The van der Waals surface area contributed by atoms with Gasteiger partial charge in [0.2, 0.25) is 0 Å². The van der Waals surface area contributed by atoms with Gasteiger partial charge in [0, 0.05) is 11.4 Å². The van der Waals surface area contributed by atoms with Crippen molar-refractivity contribution in [1.29, 1.82) is 0 Å². The maximum absolute atomic E-state index is 11.6. The molecule has 0 bridgehead atoms. The molecule has 0 saturated carbocycles. The van der Waals surface area contributed by atoms with Gasteiger partial charge >= 0.3 is 5.97 Å². The highest BCUT2D eigenvalue weighted by Crippen LogP contribution is 2.19. The van der Waals surface area contributed by atoms with E-state index < -0.39 is 0 Å². The summed E-state index contributed by atoms with van der Waals surface area (Å²) in [5, 5.41) is 6.78. The van der Waals surface area contributed by atoms with Gasteiger partial charge < -0.3 is 15.4 Å². The summed E-state index contributed by atoms with van der Waals surface area (Å²) in [6.45, 7) is 6.45. The number of esters is 1. The third-order valence-electron chi connectivity index (χ3n) is 3.47. The average Bonchev–Trinajstić information content (AvgIpc) is 2.55. The Morgan fingerprint density at radius 1 is 1.08 bits per heavy atom. The Morgan fingerprint density at radius 2 is 1.75 bits per heavy atom. The van der Waals surface area contributed by atoms with E-state index in [1.165, 1.54) is 5.56 Å². The van der Waals surface area contributed by atoms with Crippen LogP contribution in [0.25, 0.3) is 0 Å². The summed E-state index contributed by atoms with van der Waals surface area (Å²) < 4.78 is 4.96. The van der Waals surface area contributed by atoms with Crippen molar-refractivity contribution in [3.05, 3.63) is 59.7 Å². The summed E-state index contributed by atoms with van der Waals surface area (Å²) in [7, 11) is 0. The van der Waals surface area contributed by atoms with Gasteiger partial charge in [-0.25, -0.2) is 4.79 Å². The van der Waals surface area contributed by atoms with Crippen molar-refractivity contribution in [3.63, 3.8) is 0 Å². The van der Waals surface area contributed by atoms with E-state index in [1.54, 1.807) is 31.2 Å². The molecule has 0 spiro atoms. The number of carbonyl (C=O) groups is 1. The minimum atomic E-state index is -0.324. The minimum absolute atomic E-state index is 0.324. The first-order chi connectivity index (χ1) is 11.5. The number of hydrogen-bond acceptors (Lipinski definition) is 3. The molecule has 0 aromatic heterocycles. The van der Waals surface area contributed by atoms with Gasteiger partial charge in [-0.1, -0.05) is 26.0 Å². The van der Waals surface area contributed by atoms with Crippen LogP contribution in [0.2, 0.25) is 0 Å². The minimum Gasteiger partial charge on any atom is -0.462 e. The molecular formula is C19H22N2O2S. The zero-order valence-corrected chi connectivity index (χ0v) is 14.9. The summed E-state index contributed by atoms with van der Waals surface area (Å²) in [6, 6.07) is 15.2. The predicted molar refractivity (Wildman–Crippen MR) is 103 cm³/mol. The molecular weight excluding hydrogens is 320 g/mol. The van der Waals surface area contributed by atoms with E-state index >= 15 is 0 Å². The second kappa shape index (κ2) is 8.45. The quantitative estimate of drug-likeness (QED) is 0.604. The maximum Gasteiger partial charge on any atom is 0.338 e. The fraction of sp³-hybridized carbons (Fsp3) is 0.263. The first kappa shape index (κ1) is 17.9. The second-order valence-electron chi connectivity index (χ2n) is 5.66. The largest absolute Gasteiger partial charge is 0.462 e. The SMILES string of the molecule is CCOC(=O)c1ccc(NC(=S)Nc2cccc(C(C)C)c2)cc1. The fourth-order valence-corrected chi connectivity index (χ4v) is 2.41. The molecule has 0 aliphatic carbocycles. The molecule has 0 aliphatic rings. The number of rotatable bonds is 5. The summed E-state index contributed by atoms with van der Waals surface area (Å²) in [5.41, 5.74) is 3.52. The van der Waals surface area contributed by atoms with Crippen LogP contribution in [0.5, 0.6) is 0 Å². The van der Waals surface area contributed by atoms with Crippen LogP contribution < -0.4 is 10.6 Å². The van der Waals surface area contributed by atoms with E-state index in [9.17, 15) is 4.79 Å². The second-order valence-corrected chi connectivity index (χ2v) is 6.07. The Bertz CT molecular complexity index is 712. The standard InChI is InChI=1S/C19H22N2O2S/c1-4-23-18(22)14-8-10-16(11-9-14)20-19(24)21-17-7-5-6-15(12-17)13(2)3/h5-13H,4H2,1-3H3,(H2,20,21,24). The lowest BCUT2D eigenvalue weighted by molar-refractivity contribution is 0.0526. The van der Waals surface area contributed by atoms with Crippen LogP contribution in [-0.2, 0) is 4.74 Å².